The van der Waals surface area contributed by atoms with E-state index in [1.807, 2.05) is 18.2 Å². The van der Waals surface area contributed by atoms with Gasteiger partial charge >= 0.3 is 0 Å². The van der Waals surface area contributed by atoms with Crippen molar-refractivity contribution in [2.24, 2.45) is 5.73 Å². The van der Waals surface area contributed by atoms with Gasteiger partial charge in [-0.15, -0.1) is 0 Å². The molecule has 1 heterocycles. The van der Waals surface area contributed by atoms with Gasteiger partial charge in [0, 0.05) is 36.6 Å². The number of benzene rings is 1. The molecule has 2 atom stereocenters. The van der Waals surface area contributed by atoms with E-state index in [0.29, 0.717) is 6.61 Å². The summed E-state index contributed by atoms with van der Waals surface area (Å²) >= 11 is 0. The molecular weight excluding hydrogens is 242 g/mol. The minimum Gasteiger partial charge on any atom is -0.383 e. The lowest BCUT2D eigenvalue weighted by molar-refractivity contribution is -0.116. The first kappa shape index (κ1) is 13.8. The van der Waals surface area contributed by atoms with E-state index in [1.54, 1.807) is 7.11 Å². The zero-order valence-electron chi connectivity index (χ0n) is 11.6. The van der Waals surface area contributed by atoms with Crippen LogP contribution in [0.4, 0.5) is 11.4 Å². The smallest absolute Gasteiger partial charge is 0.245 e. The summed E-state index contributed by atoms with van der Waals surface area (Å²) in [4.78, 5) is 13.8. The van der Waals surface area contributed by atoms with Crippen molar-refractivity contribution in [2.75, 3.05) is 30.5 Å². The fourth-order valence-corrected chi connectivity index (χ4v) is 2.53. The molecule has 1 aromatic rings. The number of ether oxygens (including phenoxy) is 1. The van der Waals surface area contributed by atoms with Crippen molar-refractivity contribution >= 4 is 17.3 Å². The molecule has 1 aliphatic rings. The molecule has 0 spiro atoms. The summed E-state index contributed by atoms with van der Waals surface area (Å²) in [7, 11) is 1.70. The fraction of sp³-hybridized carbons (Fsp3) is 0.500. The van der Waals surface area contributed by atoms with Crippen molar-refractivity contribution in [2.45, 2.75) is 25.9 Å². The van der Waals surface area contributed by atoms with Gasteiger partial charge in [0.05, 0.1) is 6.61 Å². The standard InChI is InChI=1S/C14H21N3O2/c1-4-17(9(2)8-19-3)10-5-6-11-12(7-10)16-14(18)13(11)15/h5-7,9,13H,4,8,15H2,1-3H3,(H,16,18). The maximum absolute atomic E-state index is 11.5. The van der Waals surface area contributed by atoms with Gasteiger partial charge in [0.2, 0.25) is 5.91 Å². The maximum atomic E-state index is 11.5. The molecule has 0 aliphatic carbocycles. The molecule has 0 aromatic heterocycles. The van der Waals surface area contributed by atoms with Gasteiger partial charge in [-0.05, 0) is 26.0 Å². The predicted molar refractivity (Wildman–Crippen MR) is 76.4 cm³/mol. The highest BCUT2D eigenvalue weighted by molar-refractivity contribution is 6.02. The average molecular weight is 263 g/mol. The van der Waals surface area contributed by atoms with Crippen LogP contribution in [0.2, 0.25) is 0 Å². The topological polar surface area (TPSA) is 67.6 Å². The van der Waals surface area contributed by atoms with Gasteiger partial charge < -0.3 is 20.7 Å². The Kier molecular flexibility index (Phi) is 4.07. The normalized spacial score (nSPS) is 18.9. The summed E-state index contributed by atoms with van der Waals surface area (Å²) in [5, 5.41) is 2.82. The van der Waals surface area contributed by atoms with Crippen LogP contribution in [0.3, 0.4) is 0 Å². The van der Waals surface area contributed by atoms with Crippen LogP contribution in [-0.4, -0.2) is 32.2 Å². The van der Waals surface area contributed by atoms with Crippen LogP contribution in [-0.2, 0) is 9.53 Å². The third-order valence-electron chi connectivity index (χ3n) is 3.52. The summed E-state index contributed by atoms with van der Waals surface area (Å²) in [5.74, 6) is -0.139. The van der Waals surface area contributed by atoms with Crippen LogP contribution in [0.15, 0.2) is 18.2 Å². The lowest BCUT2D eigenvalue weighted by Crippen LogP contribution is -2.36. The minimum absolute atomic E-state index is 0.139. The van der Waals surface area contributed by atoms with Crippen molar-refractivity contribution < 1.29 is 9.53 Å². The number of carbonyl (C=O) groups is 1. The molecule has 0 bridgehead atoms. The fourth-order valence-electron chi connectivity index (χ4n) is 2.53. The van der Waals surface area contributed by atoms with Crippen molar-refractivity contribution in [1.29, 1.82) is 0 Å². The molecule has 1 aromatic carbocycles. The molecule has 5 heteroatoms. The average Bonchev–Trinajstić information content (AvgIpc) is 2.66. The van der Waals surface area contributed by atoms with E-state index in [2.05, 4.69) is 24.1 Å². The number of amides is 1. The molecule has 2 rings (SSSR count). The molecule has 0 fully saturated rings. The van der Waals surface area contributed by atoms with Crippen LogP contribution < -0.4 is 16.0 Å². The number of nitrogens with zero attached hydrogens (tertiary/aromatic N) is 1. The lowest BCUT2D eigenvalue weighted by Gasteiger charge is -2.30. The van der Waals surface area contributed by atoms with E-state index in [9.17, 15) is 4.79 Å². The molecule has 3 N–H and O–H groups in total. The first-order valence-corrected chi connectivity index (χ1v) is 6.54. The molecule has 0 radical (unpaired) electrons. The van der Waals surface area contributed by atoms with Crippen LogP contribution in [0.1, 0.15) is 25.5 Å². The third kappa shape index (κ3) is 2.57. The summed E-state index contributed by atoms with van der Waals surface area (Å²) in [6, 6.07) is 5.65. The predicted octanol–water partition coefficient (Wildman–Crippen LogP) is 1.50. The number of rotatable bonds is 5. The molecular formula is C14H21N3O2. The van der Waals surface area contributed by atoms with Gasteiger partial charge in [-0.1, -0.05) is 6.07 Å². The van der Waals surface area contributed by atoms with Gasteiger partial charge in [-0.25, -0.2) is 0 Å². The third-order valence-corrected chi connectivity index (χ3v) is 3.52. The van der Waals surface area contributed by atoms with E-state index in [0.717, 1.165) is 23.5 Å². The van der Waals surface area contributed by atoms with Gasteiger partial charge in [0.15, 0.2) is 0 Å². The Morgan fingerprint density at radius 3 is 2.89 bits per heavy atom. The van der Waals surface area contributed by atoms with Crippen LogP contribution in [0, 0.1) is 0 Å². The van der Waals surface area contributed by atoms with E-state index in [4.69, 9.17) is 10.5 Å². The van der Waals surface area contributed by atoms with Gasteiger partial charge in [-0.3, -0.25) is 4.79 Å². The van der Waals surface area contributed by atoms with E-state index >= 15 is 0 Å². The number of methoxy groups -OCH3 is 1. The Balaban J connectivity index is 2.27. The molecule has 2 unspecified atom stereocenters. The van der Waals surface area contributed by atoms with Crippen molar-refractivity contribution in [3.8, 4) is 0 Å². The second-order valence-corrected chi connectivity index (χ2v) is 4.83. The van der Waals surface area contributed by atoms with E-state index in [1.165, 1.54) is 0 Å². The second kappa shape index (κ2) is 5.59. The Bertz CT molecular complexity index is 476. The molecule has 1 aliphatic heterocycles. The molecule has 5 nitrogen and oxygen atoms in total. The minimum atomic E-state index is -0.546. The van der Waals surface area contributed by atoms with Crippen molar-refractivity contribution in [3.63, 3.8) is 0 Å². The lowest BCUT2D eigenvalue weighted by atomic mass is 10.1. The summed E-state index contributed by atoms with van der Waals surface area (Å²) in [5.41, 5.74) is 8.56. The van der Waals surface area contributed by atoms with Crippen molar-refractivity contribution in [3.05, 3.63) is 23.8 Å². The van der Waals surface area contributed by atoms with Gasteiger partial charge in [0.1, 0.15) is 6.04 Å². The molecule has 0 saturated carbocycles. The number of fused-ring (bicyclic) bond motifs is 1. The zero-order chi connectivity index (χ0) is 14.0. The molecule has 19 heavy (non-hydrogen) atoms. The highest BCUT2D eigenvalue weighted by atomic mass is 16.5. The number of carbonyl (C=O) groups excluding carboxylic acids is 1. The number of likely N-dealkylation sites (N-methyl/N-ethyl adjacent to an activating group) is 1. The number of hydrogen-bond acceptors (Lipinski definition) is 4. The van der Waals surface area contributed by atoms with Gasteiger partial charge in [0.25, 0.3) is 0 Å². The zero-order valence-corrected chi connectivity index (χ0v) is 11.6. The Hall–Kier alpha value is -1.59. The van der Waals surface area contributed by atoms with Crippen molar-refractivity contribution in [1.82, 2.24) is 0 Å². The van der Waals surface area contributed by atoms with Crippen LogP contribution in [0.5, 0.6) is 0 Å². The number of anilines is 2. The maximum Gasteiger partial charge on any atom is 0.245 e. The Morgan fingerprint density at radius 1 is 1.53 bits per heavy atom. The molecule has 0 saturated heterocycles. The van der Waals surface area contributed by atoms with Crippen LogP contribution in [0.25, 0.3) is 0 Å². The summed E-state index contributed by atoms with van der Waals surface area (Å²) in [6.07, 6.45) is 0. The number of nitrogens with one attached hydrogen (secondary N) is 1. The highest BCUT2D eigenvalue weighted by Gasteiger charge is 2.27. The second-order valence-electron chi connectivity index (χ2n) is 4.83. The molecule has 104 valence electrons. The monoisotopic (exact) mass is 263 g/mol. The summed E-state index contributed by atoms with van der Waals surface area (Å²) < 4.78 is 5.20. The summed E-state index contributed by atoms with van der Waals surface area (Å²) in [6.45, 7) is 5.76. The first-order chi connectivity index (χ1) is 9.08. The quantitative estimate of drug-likeness (QED) is 0.845. The van der Waals surface area contributed by atoms with E-state index in [-0.39, 0.29) is 11.9 Å². The highest BCUT2D eigenvalue weighted by Crippen LogP contribution is 2.33. The first-order valence-electron chi connectivity index (χ1n) is 6.54. The number of nitrogens with two attached hydrogens (primary N) is 1. The van der Waals surface area contributed by atoms with Crippen LogP contribution >= 0.6 is 0 Å². The molecule has 1 amide bonds. The largest absolute Gasteiger partial charge is 0.383 e. The Labute approximate surface area is 113 Å². The van der Waals surface area contributed by atoms with Gasteiger partial charge in [-0.2, -0.15) is 0 Å². The number of hydrogen-bond donors (Lipinski definition) is 2. The SMILES string of the molecule is CCN(c1ccc2c(c1)NC(=O)C2N)C(C)COC. The van der Waals surface area contributed by atoms with E-state index < -0.39 is 6.04 Å². The Morgan fingerprint density at radius 2 is 2.26 bits per heavy atom.